The van der Waals surface area contributed by atoms with Gasteiger partial charge >= 0.3 is 0 Å². The van der Waals surface area contributed by atoms with Gasteiger partial charge in [0.2, 0.25) is 0 Å². The molecule has 0 aromatic heterocycles. The van der Waals surface area contributed by atoms with Crippen LogP contribution in [0.4, 0.5) is 21.5 Å². The highest BCUT2D eigenvalue weighted by molar-refractivity contribution is 6.06. The molecule has 41 heavy (non-hydrogen) atoms. The lowest BCUT2D eigenvalue weighted by Crippen LogP contribution is -2.44. The number of nitrogens with zero attached hydrogens (tertiary/aromatic N) is 2. The van der Waals surface area contributed by atoms with Crippen molar-refractivity contribution in [3.05, 3.63) is 95.8 Å². The summed E-state index contributed by atoms with van der Waals surface area (Å²) < 4.78 is 19.1. The summed E-state index contributed by atoms with van der Waals surface area (Å²) in [6, 6.07) is 21.9. The van der Waals surface area contributed by atoms with Gasteiger partial charge in [-0.05, 0) is 78.3 Å². The summed E-state index contributed by atoms with van der Waals surface area (Å²) in [7, 11) is 3.74. The summed E-state index contributed by atoms with van der Waals surface area (Å²) in [5.74, 6) is -0.539. The number of carbonyl (C=O) groups excluding carboxylic acids is 2. The van der Waals surface area contributed by atoms with Gasteiger partial charge in [-0.3, -0.25) is 9.59 Å². The number of primary amides is 1. The predicted molar refractivity (Wildman–Crippen MR) is 161 cm³/mol. The fraction of sp³-hybridized carbons (Fsp3) is 0.188. The van der Waals surface area contributed by atoms with E-state index in [0.717, 1.165) is 37.6 Å². The van der Waals surface area contributed by atoms with Crippen molar-refractivity contribution in [2.75, 3.05) is 56.3 Å². The Hall–Kier alpha value is -4.89. The van der Waals surface area contributed by atoms with Crippen LogP contribution < -0.4 is 26.4 Å². The maximum Gasteiger partial charge on any atom is 0.255 e. The predicted octanol–water partition coefficient (Wildman–Crippen LogP) is 4.85. The smallest absolute Gasteiger partial charge is 0.255 e. The number of rotatable bonds is 7. The van der Waals surface area contributed by atoms with E-state index in [0.29, 0.717) is 33.5 Å². The summed E-state index contributed by atoms with van der Waals surface area (Å²) in [6.07, 6.45) is 0. The largest absolute Gasteiger partial charge is 0.495 e. The molecule has 9 heteroatoms. The van der Waals surface area contributed by atoms with Crippen LogP contribution in [0.5, 0.6) is 5.75 Å². The van der Waals surface area contributed by atoms with Gasteiger partial charge in [-0.1, -0.05) is 24.3 Å². The fourth-order valence-electron chi connectivity index (χ4n) is 4.97. The molecule has 210 valence electrons. The highest BCUT2D eigenvalue weighted by atomic mass is 19.1. The minimum absolute atomic E-state index is 0.166. The van der Waals surface area contributed by atoms with Gasteiger partial charge in [0.05, 0.1) is 24.0 Å². The Morgan fingerprint density at radius 3 is 2.15 bits per heavy atom. The molecular weight excluding hydrogens is 521 g/mol. The first-order valence-corrected chi connectivity index (χ1v) is 13.3. The van der Waals surface area contributed by atoms with Crippen LogP contribution in [0.3, 0.4) is 0 Å². The number of likely N-dealkylation sites (N-methyl/N-ethyl adjacent to an activating group) is 1. The van der Waals surface area contributed by atoms with E-state index in [4.69, 9.17) is 16.2 Å². The Labute approximate surface area is 238 Å². The molecule has 0 aliphatic carbocycles. The van der Waals surface area contributed by atoms with Crippen LogP contribution >= 0.6 is 0 Å². The van der Waals surface area contributed by atoms with Crippen LogP contribution in [0.1, 0.15) is 20.7 Å². The van der Waals surface area contributed by atoms with Crippen LogP contribution in [0, 0.1) is 5.82 Å². The average molecular weight is 554 g/mol. The zero-order chi connectivity index (χ0) is 29.1. The topological polar surface area (TPSA) is 114 Å². The molecule has 1 aliphatic heterocycles. The molecule has 0 atom stereocenters. The molecule has 0 spiro atoms. The third-order valence-electron chi connectivity index (χ3n) is 7.36. The van der Waals surface area contributed by atoms with Crippen molar-refractivity contribution >= 4 is 28.9 Å². The summed E-state index contributed by atoms with van der Waals surface area (Å²) in [4.78, 5) is 29.8. The highest BCUT2D eigenvalue weighted by Gasteiger charge is 2.19. The number of nitrogens with one attached hydrogen (secondary N) is 1. The number of benzene rings is 4. The molecule has 1 saturated heterocycles. The van der Waals surface area contributed by atoms with E-state index in [-0.39, 0.29) is 23.0 Å². The second-order valence-corrected chi connectivity index (χ2v) is 10.1. The van der Waals surface area contributed by atoms with Crippen LogP contribution in [0.2, 0.25) is 0 Å². The molecule has 1 aliphatic rings. The molecular formula is C32H32FN5O3. The van der Waals surface area contributed by atoms with Gasteiger partial charge in [0.15, 0.2) is 0 Å². The number of nitrogen functional groups attached to an aromatic ring is 1. The summed E-state index contributed by atoms with van der Waals surface area (Å²) >= 11 is 0. The second-order valence-electron chi connectivity index (χ2n) is 10.1. The number of nitrogens with two attached hydrogens (primary N) is 2. The van der Waals surface area contributed by atoms with Crippen molar-refractivity contribution in [1.82, 2.24) is 4.90 Å². The Morgan fingerprint density at radius 2 is 1.51 bits per heavy atom. The summed E-state index contributed by atoms with van der Waals surface area (Å²) in [5, 5.41) is 2.98. The molecule has 1 heterocycles. The van der Waals surface area contributed by atoms with E-state index < -0.39 is 5.91 Å². The molecule has 1 fully saturated rings. The number of carbonyl (C=O) groups is 2. The number of ether oxygens (including phenoxy) is 1. The van der Waals surface area contributed by atoms with E-state index in [1.54, 1.807) is 49.6 Å². The van der Waals surface area contributed by atoms with Crippen molar-refractivity contribution in [3.8, 4) is 28.0 Å². The van der Waals surface area contributed by atoms with Crippen molar-refractivity contribution in [1.29, 1.82) is 0 Å². The molecule has 5 N–H and O–H groups in total. The number of hydrogen-bond donors (Lipinski definition) is 3. The lowest BCUT2D eigenvalue weighted by Gasteiger charge is -2.34. The number of hydrogen-bond acceptors (Lipinski definition) is 6. The third kappa shape index (κ3) is 6.00. The maximum absolute atomic E-state index is 13.5. The number of anilines is 3. The minimum Gasteiger partial charge on any atom is -0.495 e. The standard InChI is InChI=1S/C32H32FN5O3/c1-37-13-15-38(16-14-37)28-19-25(11-12-29(28)41-2)36-32(40)22-5-3-21(4-6-22)26-17-23(18-27(30(26)34)31(35)39)20-7-9-24(33)10-8-20/h3-12,17-19H,13-16,34H2,1-2H3,(H2,35,39)(H,36,40). The van der Waals surface area contributed by atoms with Gasteiger partial charge in [0.1, 0.15) is 11.6 Å². The van der Waals surface area contributed by atoms with Crippen molar-refractivity contribution in [3.63, 3.8) is 0 Å². The summed E-state index contributed by atoms with van der Waals surface area (Å²) in [5.41, 5.74) is 17.1. The SMILES string of the molecule is COc1ccc(NC(=O)c2ccc(-c3cc(-c4ccc(F)cc4)cc(C(N)=O)c3N)cc2)cc1N1CCN(C)CC1. The molecule has 4 aromatic carbocycles. The third-order valence-corrected chi connectivity index (χ3v) is 7.36. The number of methoxy groups -OCH3 is 1. The van der Waals surface area contributed by atoms with Crippen molar-refractivity contribution in [2.24, 2.45) is 5.73 Å². The molecule has 0 unspecified atom stereocenters. The maximum atomic E-state index is 13.5. The molecule has 0 bridgehead atoms. The van der Waals surface area contributed by atoms with Crippen molar-refractivity contribution < 1.29 is 18.7 Å². The Balaban J connectivity index is 1.39. The van der Waals surface area contributed by atoms with Crippen LogP contribution in [0.15, 0.2) is 78.9 Å². The molecule has 4 aromatic rings. The van der Waals surface area contributed by atoms with Gasteiger partial charge in [-0.25, -0.2) is 4.39 Å². The Bertz CT molecular complexity index is 1580. The molecule has 5 rings (SSSR count). The van der Waals surface area contributed by atoms with Gasteiger partial charge in [0, 0.05) is 43.0 Å². The van der Waals surface area contributed by atoms with E-state index in [1.807, 2.05) is 24.3 Å². The van der Waals surface area contributed by atoms with Crippen LogP contribution in [-0.4, -0.2) is 57.1 Å². The highest BCUT2D eigenvalue weighted by Crippen LogP contribution is 2.35. The quantitative estimate of drug-likeness (QED) is 0.282. The molecule has 2 amide bonds. The molecule has 8 nitrogen and oxygen atoms in total. The lowest BCUT2D eigenvalue weighted by molar-refractivity contribution is 0.0998. The van der Waals surface area contributed by atoms with E-state index in [2.05, 4.69) is 22.2 Å². The molecule has 0 saturated carbocycles. The van der Waals surface area contributed by atoms with Crippen molar-refractivity contribution in [2.45, 2.75) is 0 Å². The zero-order valence-corrected chi connectivity index (χ0v) is 23.0. The zero-order valence-electron chi connectivity index (χ0n) is 23.0. The number of amides is 2. The van der Waals surface area contributed by atoms with Gasteiger partial charge in [-0.15, -0.1) is 0 Å². The first kappa shape index (κ1) is 27.7. The second kappa shape index (κ2) is 11.7. The first-order chi connectivity index (χ1) is 19.7. The monoisotopic (exact) mass is 553 g/mol. The number of piperazine rings is 1. The normalized spacial score (nSPS) is 13.6. The fourth-order valence-corrected chi connectivity index (χ4v) is 4.97. The summed E-state index contributed by atoms with van der Waals surface area (Å²) in [6.45, 7) is 3.64. The van der Waals surface area contributed by atoms with E-state index in [1.165, 1.54) is 12.1 Å². The van der Waals surface area contributed by atoms with E-state index >= 15 is 0 Å². The Morgan fingerprint density at radius 1 is 0.854 bits per heavy atom. The van der Waals surface area contributed by atoms with Gasteiger partial charge in [-0.2, -0.15) is 0 Å². The van der Waals surface area contributed by atoms with Gasteiger partial charge < -0.3 is 31.3 Å². The molecule has 0 radical (unpaired) electrons. The lowest BCUT2D eigenvalue weighted by atomic mass is 9.93. The van der Waals surface area contributed by atoms with Crippen LogP contribution in [-0.2, 0) is 0 Å². The minimum atomic E-state index is -0.667. The average Bonchev–Trinajstić information content (AvgIpc) is 2.98. The van der Waals surface area contributed by atoms with Gasteiger partial charge in [0.25, 0.3) is 11.8 Å². The first-order valence-electron chi connectivity index (χ1n) is 13.3. The number of halogens is 1. The van der Waals surface area contributed by atoms with E-state index in [9.17, 15) is 14.0 Å². The Kier molecular flexibility index (Phi) is 7.89. The van der Waals surface area contributed by atoms with Crippen LogP contribution in [0.25, 0.3) is 22.3 Å².